The van der Waals surface area contributed by atoms with Crippen LogP contribution in [0.5, 0.6) is 0 Å². The van der Waals surface area contributed by atoms with Crippen LogP contribution in [0.2, 0.25) is 0 Å². The number of likely N-dealkylation sites (tertiary alicyclic amines) is 2. The van der Waals surface area contributed by atoms with E-state index in [1.165, 1.54) is 16.5 Å². The molecule has 3 N–H and O–H groups in total. The average molecular weight is 458 g/mol. The Balaban J connectivity index is 1.37. The van der Waals surface area contributed by atoms with Crippen molar-refractivity contribution in [3.63, 3.8) is 0 Å². The van der Waals surface area contributed by atoms with Crippen LogP contribution in [0.4, 0.5) is 4.79 Å². The third-order valence-corrected chi connectivity index (χ3v) is 7.36. The van der Waals surface area contributed by atoms with Crippen molar-refractivity contribution in [2.45, 2.75) is 70.6 Å². The molecule has 3 heterocycles. The van der Waals surface area contributed by atoms with E-state index < -0.39 is 11.7 Å². The maximum Gasteiger partial charge on any atom is 0.410 e. The SMILES string of the molecule is Cc1cccc2c(C3CCN(C(CO)C4CCN(C(=O)OC(C)(C)C)CC4)CC3O)c[nH]c12. The highest BCUT2D eigenvalue weighted by Gasteiger charge is 2.38. The van der Waals surface area contributed by atoms with Gasteiger partial charge in [0.15, 0.2) is 0 Å². The minimum Gasteiger partial charge on any atom is -0.444 e. The molecule has 33 heavy (non-hydrogen) atoms. The van der Waals surface area contributed by atoms with Crippen molar-refractivity contribution in [3.8, 4) is 0 Å². The molecule has 0 spiro atoms. The van der Waals surface area contributed by atoms with Gasteiger partial charge in [-0.05, 0) is 70.5 Å². The number of carbonyl (C=O) groups excluding carboxylic acids is 1. The first kappa shape index (κ1) is 24.0. The number of aliphatic hydroxyl groups is 2. The van der Waals surface area contributed by atoms with Crippen molar-refractivity contribution in [3.05, 3.63) is 35.5 Å². The number of piperidine rings is 2. The van der Waals surface area contributed by atoms with E-state index >= 15 is 0 Å². The van der Waals surface area contributed by atoms with Crippen molar-refractivity contribution in [1.82, 2.24) is 14.8 Å². The lowest BCUT2D eigenvalue weighted by atomic mass is 9.83. The van der Waals surface area contributed by atoms with Gasteiger partial charge in [0.2, 0.25) is 0 Å². The molecule has 2 saturated heterocycles. The number of carbonyl (C=O) groups is 1. The molecular formula is C26H39N3O4. The number of hydrogen-bond acceptors (Lipinski definition) is 5. The van der Waals surface area contributed by atoms with Gasteiger partial charge in [0.05, 0.1) is 12.7 Å². The Morgan fingerprint density at radius 1 is 1.21 bits per heavy atom. The normalized spacial score (nSPS) is 24.2. The standard InChI is InChI=1S/C26H39N3O4/c1-17-6-5-7-20-21(14-27-24(17)20)19-10-13-29(15-23(19)31)22(16-30)18-8-11-28(12-9-18)25(32)33-26(2,3)4/h5-7,14,18-19,22-23,27,30-31H,8-13,15-16H2,1-4H3. The first-order chi connectivity index (χ1) is 15.7. The van der Waals surface area contributed by atoms with Crippen LogP contribution in [0.1, 0.15) is 57.1 Å². The molecular weight excluding hydrogens is 418 g/mol. The highest BCUT2D eigenvalue weighted by Crippen LogP contribution is 2.36. The molecule has 1 amide bonds. The van der Waals surface area contributed by atoms with E-state index in [4.69, 9.17) is 4.74 Å². The second kappa shape index (κ2) is 9.65. The Labute approximate surface area is 196 Å². The lowest BCUT2D eigenvalue weighted by molar-refractivity contribution is -0.0188. The van der Waals surface area contributed by atoms with Crippen molar-refractivity contribution < 1.29 is 19.7 Å². The molecule has 7 nitrogen and oxygen atoms in total. The minimum atomic E-state index is -0.495. The Morgan fingerprint density at radius 3 is 2.58 bits per heavy atom. The average Bonchev–Trinajstić information content (AvgIpc) is 3.19. The third kappa shape index (κ3) is 5.20. The van der Waals surface area contributed by atoms with Gasteiger partial charge in [0.1, 0.15) is 5.60 Å². The third-order valence-electron chi connectivity index (χ3n) is 7.36. The minimum absolute atomic E-state index is 0.00611. The monoisotopic (exact) mass is 457 g/mol. The number of fused-ring (bicyclic) bond motifs is 1. The van der Waals surface area contributed by atoms with E-state index in [1.54, 1.807) is 4.90 Å². The fraction of sp³-hybridized carbons (Fsp3) is 0.654. The predicted molar refractivity (Wildman–Crippen MR) is 129 cm³/mol. The summed E-state index contributed by atoms with van der Waals surface area (Å²) in [6.45, 7) is 10.5. The van der Waals surface area contributed by atoms with E-state index in [0.717, 1.165) is 31.3 Å². The maximum atomic E-state index is 12.4. The summed E-state index contributed by atoms with van der Waals surface area (Å²) in [4.78, 5) is 19.8. The molecule has 2 fully saturated rings. The van der Waals surface area contributed by atoms with Crippen LogP contribution >= 0.6 is 0 Å². The summed E-state index contributed by atoms with van der Waals surface area (Å²) < 4.78 is 5.51. The van der Waals surface area contributed by atoms with Gasteiger partial charge < -0.3 is 24.8 Å². The molecule has 0 bridgehead atoms. The van der Waals surface area contributed by atoms with Gasteiger partial charge in [-0.25, -0.2) is 4.79 Å². The van der Waals surface area contributed by atoms with Crippen molar-refractivity contribution in [2.75, 3.05) is 32.8 Å². The number of nitrogens with one attached hydrogen (secondary N) is 1. The van der Waals surface area contributed by atoms with Gasteiger partial charge in [-0.1, -0.05) is 18.2 Å². The van der Waals surface area contributed by atoms with Gasteiger partial charge in [-0.3, -0.25) is 4.90 Å². The summed E-state index contributed by atoms with van der Waals surface area (Å²) in [7, 11) is 0. The number of aromatic amines is 1. The Hall–Kier alpha value is -2.09. The van der Waals surface area contributed by atoms with E-state index in [0.29, 0.717) is 25.6 Å². The summed E-state index contributed by atoms with van der Waals surface area (Å²) >= 11 is 0. The highest BCUT2D eigenvalue weighted by molar-refractivity contribution is 5.86. The van der Waals surface area contributed by atoms with E-state index in [1.807, 2.05) is 20.8 Å². The predicted octanol–water partition coefficient (Wildman–Crippen LogP) is 3.63. The molecule has 0 aliphatic carbocycles. The lowest BCUT2D eigenvalue weighted by Crippen LogP contribution is -2.54. The summed E-state index contributed by atoms with van der Waals surface area (Å²) in [6.07, 6.45) is 3.84. The Kier molecular flexibility index (Phi) is 7.03. The zero-order valence-electron chi connectivity index (χ0n) is 20.4. The largest absolute Gasteiger partial charge is 0.444 e. The molecule has 2 aliphatic heterocycles. The topological polar surface area (TPSA) is 89.0 Å². The number of para-hydroxylation sites is 1. The van der Waals surface area contributed by atoms with Crippen LogP contribution in [0.25, 0.3) is 10.9 Å². The molecule has 3 atom stereocenters. The van der Waals surface area contributed by atoms with E-state index in [-0.39, 0.29) is 24.7 Å². The Morgan fingerprint density at radius 2 is 1.94 bits per heavy atom. The van der Waals surface area contributed by atoms with Crippen LogP contribution < -0.4 is 0 Å². The summed E-state index contributed by atoms with van der Waals surface area (Å²) in [5.74, 6) is 0.387. The second-order valence-corrected chi connectivity index (χ2v) is 10.8. The molecule has 2 aliphatic rings. The number of rotatable bonds is 4. The zero-order valence-corrected chi connectivity index (χ0v) is 20.4. The molecule has 0 saturated carbocycles. The second-order valence-electron chi connectivity index (χ2n) is 10.8. The molecule has 3 unspecified atom stereocenters. The summed E-state index contributed by atoms with van der Waals surface area (Å²) in [5, 5.41) is 22.5. The van der Waals surface area contributed by atoms with Crippen molar-refractivity contribution in [2.24, 2.45) is 5.92 Å². The quantitative estimate of drug-likeness (QED) is 0.652. The van der Waals surface area contributed by atoms with Gasteiger partial charge in [0.25, 0.3) is 0 Å². The van der Waals surface area contributed by atoms with Crippen LogP contribution in [0.3, 0.4) is 0 Å². The fourth-order valence-corrected chi connectivity index (χ4v) is 5.61. The number of aliphatic hydroxyl groups excluding tert-OH is 2. The number of aryl methyl sites for hydroxylation is 1. The summed E-state index contributed by atoms with van der Waals surface area (Å²) in [5.41, 5.74) is 3.05. The van der Waals surface area contributed by atoms with Crippen LogP contribution in [0.15, 0.2) is 24.4 Å². The zero-order chi connectivity index (χ0) is 23.8. The number of aromatic nitrogens is 1. The highest BCUT2D eigenvalue weighted by atomic mass is 16.6. The van der Waals surface area contributed by atoms with Gasteiger partial charge >= 0.3 is 6.09 Å². The molecule has 4 rings (SSSR count). The van der Waals surface area contributed by atoms with Gasteiger partial charge in [-0.15, -0.1) is 0 Å². The fourth-order valence-electron chi connectivity index (χ4n) is 5.61. The van der Waals surface area contributed by atoms with E-state index in [9.17, 15) is 15.0 Å². The molecule has 1 aromatic heterocycles. The molecule has 182 valence electrons. The number of hydrogen-bond donors (Lipinski definition) is 3. The number of β-amino-alcohol motifs (C(OH)–C–C–N with tert-alkyl or cyclic N) is 1. The van der Waals surface area contributed by atoms with Crippen molar-refractivity contribution >= 4 is 17.0 Å². The molecule has 0 radical (unpaired) electrons. The number of H-pyrrole nitrogens is 1. The summed E-state index contributed by atoms with van der Waals surface area (Å²) in [6, 6.07) is 6.30. The van der Waals surface area contributed by atoms with E-state index in [2.05, 4.69) is 41.2 Å². The Bertz CT molecular complexity index is 958. The van der Waals surface area contributed by atoms with Crippen LogP contribution in [-0.4, -0.2) is 81.6 Å². The molecule has 1 aromatic carbocycles. The first-order valence-corrected chi connectivity index (χ1v) is 12.3. The van der Waals surface area contributed by atoms with Crippen LogP contribution in [0, 0.1) is 12.8 Å². The first-order valence-electron chi connectivity index (χ1n) is 12.3. The number of benzene rings is 1. The van der Waals surface area contributed by atoms with Gasteiger partial charge in [-0.2, -0.15) is 0 Å². The molecule has 2 aromatic rings. The molecule has 7 heteroatoms. The smallest absolute Gasteiger partial charge is 0.410 e. The van der Waals surface area contributed by atoms with Crippen LogP contribution in [-0.2, 0) is 4.74 Å². The number of ether oxygens (including phenoxy) is 1. The lowest BCUT2D eigenvalue weighted by Gasteiger charge is -2.44. The van der Waals surface area contributed by atoms with Gasteiger partial charge in [0, 0.05) is 48.7 Å². The maximum absolute atomic E-state index is 12.4. The van der Waals surface area contributed by atoms with Crippen molar-refractivity contribution in [1.29, 1.82) is 0 Å². The number of nitrogens with zero attached hydrogens (tertiary/aromatic N) is 2. The number of amides is 1.